The number of carbonyl (C=O) groups is 2. The summed E-state index contributed by atoms with van der Waals surface area (Å²) in [7, 11) is 1.60. The number of methoxy groups -OCH3 is 1. The average Bonchev–Trinajstić information content (AvgIpc) is 3.04. The van der Waals surface area contributed by atoms with Gasteiger partial charge >= 0.3 is 0 Å². The molecule has 0 aliphatic heterocycles. The summed E-state index contributed by atoms with van der Waals surface area (Å²) in [4.78, 5) is 23.8. The van der Waals surface area contributed by atoms with Crippen molar-refractivity contribution in [2.75, 3.05) is 7.11 Å². The fourth-order valence-corrected chi connectivity index (χ4v) is 2.11. The molecular weight excluding hydrogens is 322 g/mol. The second-order valence-corrected chi connectivity index (χ2v) is 5.48. The molecule has 0 unspecified atom stereocenters. The predicted molar refractivity (Wildman–Crippen MR) is 93.5 cm³/mol. The lowest BCUT2D eigenvalue weighted by Gasteiger charge is -2.06. The van der Waals surface area contributed by atoms with Gasteiger partial charge in [-0.1, -0.05) is 12.1 Å². The monoisotopic (exact) mass is 343 g/mol. The van der Waals surface area contributed by atoms with E-state index in [1.54, 1.807) is 27.0 Å². The molecule has 2 amide bonds. The van der Waals surface area contributed by atoms with Crippen molar-refractivity contribution >= 4 is 17.5 Å². The van der Waals surface area contributed by atoms with Crippen LogP contribution < -0.4 is 15.5 Å². The Morgan fingerprint density at radius 1 is 1.20 bits per heavy atom. The molecule has 2 rings (SSSR count). The first kappa shape index (κ1) is 18.3. The molecule has 0 saturated carbocycles. The second-order valence-electron chi connectivity index (χ2n) is 5.48. The zero-order chi connectivity index (χ0) is 18.2. The highest BCUT2D eigenvalue weighted by Crippen LogP contribution is 2.11. The summed E-state index contributed by atoms with van der Waals surface area (Å²) in [6, 6.07) is 9.00. The lowest BCUT2D eigenvalue weighted by atomic mass is 10.2. The molecule has 7 nitrogen and oxygen atoms in total. The summed E-state index contributed by atoms with van der Waals surface area (Å²) in [6.07, 6.45) is 1.54. The van der Waals surface area contributed by atoms with Gasteiger partial charge in [0.2, 0.25) is 5.91 Å². The van der Waals surface area contributed by atoms with Gasteiger partial charge in [0.25, 0.3) is 5.91 Å². The highest BCUT2D eigenvalue weighted by Gasteiger charge is 2.11. The number of ether oxygens (including phenoxy) is 1. The molecule has 0 saturated heterocycles. The summed E-state index contributed by atoms with van der Waals surface area (Å²) >= 11 is 0. The van der Waals surface area contributed by atoms with Crippen LogP contribution in [0.2, 0.25) is 0 Å². The average molecular weight is 343 g/mol. The Balaban J connectivity index is 1.78. The summed E-state index contributed by atoms with van der Waals surface area (Å²) in [5, 5.41) is 6.74. The van der Waals surface area contributed by atoms with Crippen LogP contribution in [-0.2, 0) is 11.3 Å². The third kappa shape index (κ3) is 5.49. The molecule has 132 valence electrons. The van der Waals surface area contributed by atoms with E-state index in [1.165, 1.54) is 6.26 Å². The van der Waals surface area contributed by atoms with Crippen LogP contribution in [0.25, 0.3) is 0 Å². The second kappa shape index (κ2) is 8.68. The van der Waals surface area contributed by atoms with Crippen molar-refractivity contribution in [3.8, 4) is 5.75 Å². The Morgan fingerprint density at radius 3 is 2.52 bits per heavy atom. The lowest BCUT2D eigenvalue weighted by Crippen LogP contribution is -2.26. The van der Waals surface area contributed by atoms with Gasteiger partial charge in [-0.05, 0) is 37.6 Å². The molecule has 1 aromatic heterocycles. The fourth-order valence-electron chi connectivity index (χ4n) is 2.11. The quantitative estimate of drug-likeness (QED) is 0.596. The maximum absolute atomic E-state index is 11.9. The van der Waals surface area contributed by atoms with Gasteiger partial charge in [0.05, 0.1) is 25.4 Å². The van der Waals surface area contributed by atoms with Crippen molar-refractivity contribution in [1.82, 2.24) is 10.7 Å². The summed E-state index contributed by atoms with van der Waals surface area (Å²) in [5.41, 5.74) is 4.30. The van der Waals surface area contributed by atoms with Gasteiger partial charge in [0.1, 0.15) is 11.5 Å². The molecule has 0 atom stereocenters. The molecular formula is C18H21N3O4. The van der Waals surface area contributed by atoms with Crippen molar-refractivity contribution in [1.29, 1.82) is 0 Å². The molecule has 0 fully saturated rings. The van der Waals surface area contributed by atoms with Gasteiger partial charge in [-0.15, -0.1) is 0 Å². The molecule has 7 heteroatoms. The molecule has 0 spiro atoms. The number of nitrogens with one attached hydrogen (secondary N) is 2. The Labute approximate surface area is 146 Å². The fraction of sp³-hybridized carbons (Fsp3) is 0.278. The van der Waals surface area contributed by atoms with Gasteiger partial charge in [-0.3, -0.25) is 9.59 Å². The zero-order valence-electron chi connectivity index (χ0n) is 14.5. The minimum atomic E-state index is -0.371. The van der Waals surface area contributed by atoms with Crippen LogP contribution in [0.5, 0.6) is 5.75 Å². The largest absolute Gasteiger partial charge is 0.497 e. The normalized spacial score (nSPS) is 11.1. The molecule has 1 aromatic carbocycles. The molecule has 1 heterocycles. The van der Waals surface area contributed by atoms with E-state index in [-0.39, 0.29) is 18.2 Å². The number of hydrogen-bond donors (Lipinski definition) is 2. The van der Waals surface area contributed by atoms with E-state index in [0.717, 1.165) is 11.3 Å². The Bertz CT molecular complexity index is 763. The van der Waals surface area contributed by atoms with E-state index >= 15 is 0 Å². The molecule has 0 radical (unpaired) electrons. The number of aryl methyl sites for hydroxylation is 1. The minimum absolute atomic E-state index is 0.0980. The summed E-state index contributed by atoms with van der Waals surface area (Å²) in [5.74, 6) is 0.735. The van der Waals surface area contributed by atoms with E-state index in [0.29, 0.717) is 23.6 Å². The highest BCUT2D eigenvalue weighted by atomic mass is 16.5. The van der Waals surface area contributed by atoms with Crippen LogP contribution in [0.1, 0.15) is 35.0 Å². The van der Waals surface area contributed by atoms with Crippen LogP contribution in [0.3, 0.4) is 0 Å². The molecule has 25 heavy (non-hydrogen) atoms. The minimum Gasteiger partial charge on any atom is -0.497 e. The van der Waals surface area contributed by atoms with Gasteiger partial charge in [-0.2, -0.15) is 5.10 Å². The number of carbonyl (C=O) groups excluding carboxylic acids is 2. The van der Waals surface area contributed by atoms with Gasteiger partial charge in [0.15, 0.2) is 0 Å². The lowest BCUT2D eigenvalue weighted by molar-refractivity contribution is -0.120. The number of hydrazone groups is 1. The van der Waals surface area contributed by atoms with Crippen molar-refractivity contribution < 1.29 is 18.7 Å². The zero-order valence-corrected chi connectivity index (χ0v) is 14.5. The van der Waals surface area contributed by atoms with E-state index < -0.39 is 0 Å². The summed E-state index contributed by atoms with van der Waals surface area (Å²) < 4.78 is 10.1. The number of amides is 2. The maximum atomic E-state index is 11.9. The number of rotatable bonds is 7. The summed E-state index contributed by atoms with van der Waals surface area (Å²) in [6.45, 7) is 3.78. The van der Waals surface area contributed by atoms with E-state index in [2.05, 4.69) is 15.8 Å². The number of benzene rings is 1. The highest BCUT2D eigenvalue weighted by molar-refractivity contribution is 6.01. The van der Waals surface area contributed by atoms with Gasteiger partial charge in [0, 0.05) is 12.3 Å². The first-order chi connectivity index (χ1) is 12.0. The number of nitrogens with zero attached hydrogens (tertiary/aromatic N) is 1. The number of hydrogen-bond acceptors (Lipinski definition) is 5. The topological polar surface area (TPSA) is 92.9 Å². The molecule has 0 aliphatic rings. The van der Waals surface area contributed by atoms with Crippen LogP contribution in [0.4, 0.5) is 0 Å². The van der Waals surface area contributed by atoms with Crippen molar-refractivity contribution in [2.24, 2.45) is 5.10 Å². The molecule has 0 aliphatic carbocycles. The molecule has 2 N–H and O–H groups in total. The Kier molecular flexibility index (Phi) is 6.33. The van der Waals surface area contributed by atoms with Crippen molar-refractivity contribution in [2.45, 2.75) is 26.8 Å². The van der Waals surface area contributed by atoms with Crippen LogP contribution >= 0.6 is 0 Å². The predicted octanol–water partition coefficient (Wildman–Crippen LogP) is 2.41. The molecule has 2 aromatic rings. The van der Waals surface area contributed by atoms with Crippen LogP contribution in [-0.4, -0.2) is 24.6 Å². The van der Waals surface area contributed by atoms with E-state index in [1.807, 2.05) is 24.3 Å². The first-order valence-corrected chi connectivity index (χ1v) is 7.77. The SMILES string of the molecule is COc1ccc(CNC(=O)C/C(C)=N\NC(=O)c2ccoc2C)cc1. The third-order valence-electron chi connectivity index (χ3n) is 3.52. The standard InChI is InChI=1S/C18H21N3O4/c1-12(20-21-18(23)16-8-9-25-13(16)2)10-17(22)19-11-14-4-6-15(24-3)7-5-14/h4-9H,10-11H2,1-3H3,(H,19,22)(H,21,23)/b20-12-. The van der Waals surface area contributed by atoms with Gasteiger partial charge in [-0.25, -0.2) is 5.43 Å². The third-order valence-corrected chi connectivity index (χ3v) is 3.52. The van der Waals surface area contributed by atoms with Crippen molar-refractivity contribution in [3.05, 3.63) is 53.5 Å². The molecule has 0 bridgehead atoms. The van der Waals surface area contributed by atoms with Crippen LogP contribution in [0.15, 0.2) is 46.1 Å². The van der Waals surface area contributed by atoms with E-state index in [4.69, 9.17) is 9.15 Å². The van der Waals surface area contributed by atoms with E-state index in [9.17, 15) is 9.59 Å². The van der Waals surface area contributed by atoms with Crippen molar-refractivity contribution in [3.63, 3.8) is 0 Å². The smallest absolute Gasteiger partial charge is 0.274 e. The maximum Gasteiger partial charge on any atom is 0.274 e. The first-order valence-electron chi connectivity index (χ1n) is 7.77. The number of furan rings is 1. The Hall–Kier alpha value is -3.09. The van der Waals surface area contributed by atoms with Gasteiger partial charge < -0.3 is 14.5 Å². The Morgan fingerprint density at radius 2 is 1.92 bits per heavy atom. The van der Waals surface area contributed by atoms with Crippen LogP contribution in [0, 0.1) is 6.92 Å².